The smallest absolute Gasteiger partial charge is 0.218 e. The van der Waals surface area contributed by atoms with E-state index in [0.717, 1.165) is 22.4 Å². The van der Waals surface area contributed by atoms with Crippen LogP contribution in [-0.2, 0) is 6.61 Å². The van der Waals surface area contributed by atoms with Crippen molar-refractivity contribution in [3.05, 3.63) is 51.7 Å². The van der Waals surface area contributed by atoms with E-state index in [1.807, 2.05) is 20.0 Å². The molecule has 0 bridgehead atoms. The maximum atomic E-state index is 6.07. The van der Waals surface area contributed by atoms with Crippen molar-refractivity contribution < 1.29 is 4.74 Å². The van der Waals surface area contributed by atoms with Gasteiger partial charge in [-0.15, -0.1) is 0 Å². The summed E-state index contributed by atoms with van der Waals surface area (Å²) < 4.78 is 5.99. The lowest BCUT2D eigenvalue weighted by atomic mass is 9.98. The van der Waals surface area contributed by atoms with E-state index in [1.54, 1.807) is 11.1 Å². The summed E-state index contributed by atoms with van der Waals surface area (Å²) in [6, 6.07) is 8.03. The molecule has 1 aliphatic rings. The average Bonchev–Trinajstić information content (AvgIpc) is 3.32. The normalized spacial score (nSPS) is 14.0. The van der Waals surface area contributed by atoms with Gasteiger partial charge in [-0.3, -0.25) is 0 Å². The van der Waals surface area contributed by atoms with Crippen LogP contribution >= 0.6 is 11.6 Å². The molecule has 0 unspecified atom stereocenters. The van der Waals surface area contributed by atoms with Crippen LogP contribution in [0.15, 0.2) is 24.3 Å². The molecule has 1 aromatic carbocycles. The Bertz CT molecular complexity index is 726. The van der Waals surface area contributed by atoms with Crippen LogP contribution in [0, 0.1) is 13.8 Å². The summed E-state index contributed by atoms with van der Waals surface area (Å²) in [5.41, 5.74) is 5.64. The first kappa shape index (κ1) is 16.1. The highest BCUT2D eigenvalue weighted by Crippen LogP contribution is 2.44. The fraction of sp³-hybridized carbons (Fsp3) is 0.389. The number of rotatable bonds is 5. The van der Waals surface area contributed by atoms with Crippen molar-refractivity contribution in [3.63, 3.8) is 0 Å². The number of ether oxygens (including phenoxy) is 1. The van der Waals surface area contributed by atoms with Crippen LogP contribution in [0.25, 0.3) is 0 Å². The Kier molecular flexibility index (Phi) is 4.46. The molecule has 1 saturated carbocycles. The summed E-state index contributed by atoms with van der Waals surface area (Å²) in [4.78, 5) is 4.27. The lowest BCUT2D eigenvalue weighted by Gasteiger charge is -2.23. The maximum absolute atomic E-state index is 6.07. The number of aromatic nitrogens is 1. The predicted octanol–water partition coefficient (Wildman–Crippen LogP) is 4.12. The van der Waals surface area contributed by atoms with Gasteiger partial charge in [0.1, 0.15) is 11.8 Å². The van der Waals surface area contributed by atoms with Crippen LogP contribution in [0.5, 0.6) is 5.88 Å². The van der Waals surface area contributed by atoms with Gasteiger partial charge in [0.2, 0.25) is 5.88 Å². The summed E-state index contributed by atoms with van der Waals surface area (Å²) in [6.07, 6.45) is 2.47. The molecule has 122 valence electrons. The molecule has 23 heavy (non-hydrogen) atoms. The van der Waals surface area contributed by atoms with Crippen molar-refractivity contribution in [2.75, 3.05) is 12.1 Å². The van der Waals surface area contributed by atoms with Gasteiger partial charge in [-0.05, 0) is 49.8 Å². The van der Waals surface area contributed by atoms with E-state index >= 15 is 0 Å². The zero-order valence-corrected chi connectivity index (χ0v) is 14.5. The molecule has 4 nitrogen and oxygen atoms in total. The number of hydrogen-bond donors (Lipinski definition) is 1. The highest BCUT2D eigenvalue weighted by Gasteiger charge is 2.28. The van der Waals surface area contributed by atoms with Crippen LogP contribution < -0.4 is 15.6 Å². The molecule has 2 aromatic rings. The van der Waals surface area contributed by atoms with Gasteiger partial charge < -0.3 is 9.75 Å². The summed E-state index contributed by atoms with van der Waals surface area (Å²) in [5.74, 6) is 7.27. The molecule has 0 saturated heterocycles. The molecule has 0 amide bonds. The van der Waals surface area contributed by atoms with Gasteiger partial charge in [0.15, 0.2) is 0 Å². The van der Waals surface area contributed by atoms with Gasteiger partial charge in [-0.1, -0.05) is 29.8 Å². The van der Waals surface area contributed by atoms with E-state index in [9.17, 15) is 0 Å². The first-order chi connectivity index (χ1) is 11.0. The zero-order valence-electron chi connectivity index (χ0n) is 13.8. The third kappa shape index (κ3) is 3.43. The van der Waals surface area contributed by atoms with Gasteiger partial charge in [-0.25, -0.2) is 10.8 Å². The molecule has 0 radical (unpaired) electrons. The molecule has 1 aliphatic carbocycles. The van der Waals surface area contributed by atoms with Gasteiger partial charge in [-0.2, -0.15) is 0 Å². The number of anilines is 1. The van der Waals surface area contributed by atoms with E-state index in [1.165, 1.54) is 18.4 Å². The fourth-order valence-electron chi connectivity index (χ4n) is 2.96. The molecule has 1 aromatic heterocycles. The molecule has 0 aliphatic heterocycles. The van der Waals surface area contributed by atoms with Crippen molar-refractivity contribution in [3.8, 4) is 5.88 Å². The van der Waals surface area contributed by atoms with E-state index in [4.69, 9.17) is 22.2 Å². The Morgan fingerprint density at radius 2 is 1.91 bits per heavy atom. The van der Waals surface area contributed by atoms with E-state index in [0.29, 0.717) is 23.6 Å². The summed E-state index contributed by atoms with van der Waals surface area (Å²) in [6.45, 7) is 4.48. The van der Waals surface area contributed by atoms with Crippen molar-refractivity contribution >= 4 is 17.3 Å². The number of nitrogens with two attached hydrogens (primary N) is 1. The largest absolute Gasteiger partial charge is 0.472 e. The standard InChI is InChI=1S/C18H22ClN3O/c1-11-4-8-14(13-6-7-13)15(17(11)22(3)20)10-23-18-12(2)5-9-16(19)21-18/h4-5,8-9,13H,6-7,10,20H2,1-3H3. The fourth-order valence-corrected chi connectivity index (χ4v) is 3.10. The number of hydrazine groups is 1. The van der Waals surface area contributed by atoms with Crippen LogP contribution in [0.1, 0.15) is 41.0 Å². The van der Waals surface area contributed by atoms with E-state index < -0.39 is 0 Å². The maximum Gasteiger partial charge on any atom is 0.218 e. The van der Waals surface area contributed by atoms with Crippen LogP contribution in [0.2, 0.25) is 5.15 Å². The number of pyridine rings is 1. The topological polar surface area (TPSA) is 51.4 Å². The second-order valence-corrected chi connectivity index (χ2v) is 6.62. The van der Waals surface area contributed by atoms with Crippen LogP contribution in [0.3, 0.4) is 0 Å². The Morgan fingerprint density at radius 1 is 1.22 bits per heavy atom. The minimum atomic E-state index is 0.438. The van der Waals surface area contributed by atoms with E-state index in [-0.39, 0.29) is 0 Å². The first-order valence-corrected chi connectivity index (χ1v) is 8.22. The predicted molar refractivity (Wildman–Crippen MR) is 94.1 cm³/mol. The highest BCUT2D eigenvalue weighted by molar-refractivity contribution is 6.29. The van der Waals surface area contributed by atoms with E-state index in [2.05, 4.69) is 24.0 Å². The van der Waals surface area contributed by atoms with Crippen molar-refractivity contribution in [1.29, 1.82) is 0 Å². The Balaban J connectivity index is 1.94. The lowest BCUT2D eigenvalue weighted by Crippen LogP contribution is -2.28. The van der Waals surface area contributed by atoms with Gasteiger partial charge >= 0.3 is 0 Å². The molecular formula is C18H22ClN3O. The first-order valence-electron chi connectivity index (χ1n) is 7.84. The van der Waals surface area contributed by atoms with Crippen LogP contribution in [0.4, 0.5) is 5.69 Å². The van der Waals surface area contributed by atoms with Gasteiger partial charge in [0, 0.05) is 18.2 Å². The second-order valence-electron chi connectivity index (χ2n) is 6.23. The molecule has 0 atom stereocenters. The monoisotopic (exact) mass is 331 g/mol. The molecule has 2 N–H and O–H groups in total. The Morgan fingerprint density at radius 3 is 2.57 bits per heavy atom. The number of aryl methyl sites for hydroxylation is 2. The summed E-state index contributed by atoms with van der Waals surface area (Å²) in [7, 11) is 1.87. The summed E-state index contributed by atoms with van der Waals surface area (Å²) in [5, 5.41) is 2.12. The number of hydrogen-bond acceptors (Lipinski definition) is 4. The third-order valence-corrected chi connectivity index (χ3v) is 4.47. The SMILES string of the molecule is Cc1ccc(Cl)nc1OCc1c(C2CC2)ccc(C)c1N(C)N. The molecule has 0 spiro atoms. The van der Waals surface area contributed by atoms with Gasteiger partial charge in [0.25, 0.3) is 0 Å². The van der Waals surface area contributed by atoms with Crippen molar-refractivity contribution in [1.82, 2.24) is 4.98 Å². The minimum absolute atomic E-state index is 0.438. The molecule has 5 heteroatoms. The molecule has 1 fully saturated rings. The quantitative estimate of drug-likeness (QED) is 0.508. The van der Waals surface area contributed by atoms with Crippen molar-refractivity contribution in [2.24, 2.45) is 5.84 Å². The highest BCUT2D eigenvalue weighted by atomic mass is 35.5. The second kappa shape index (κ2) is 6.38. The minimum Gasteiger partial charge on any atom is -0.472 e. The lowest BCUT2D eigenvalue weighted by molar-refractivity contribution is 0.290. The number of halogens is 1. The Hall–Kier alpha value is -1.78. The van der Waals surface area contributed by atoms with Crippen molar-refractivity contribution in [2.45, 2.75) is 39.2 Å². The molecule has 3 rings (SSSR count). The molecular weight excluding hydrogens is 310 g/mol. The van der Waals surface area contributed by atoms with Gasteiger partial charge in [0.05, 0.1) is 5.69 Å². The number of benzene rings is 1. The zero-order chi connectivity index (χ0) is 16.6. The number of nitrogens with zero attached hydrogens (tertiary/aromatic N) is 2. The third-order valence-electron chi connectivity index (χ3n) is 4.26. The van der Waals surface area contributed by atoms with Crippen LogP contribution in [-0.4, -0.2) is 12.0 Å². The Labute approximate surface area is 142 Å². The summed E-state index contributed by atoms with van der Waals surface area (Å²) >= 11 is 5.98. The average molecular weight is 332 g/mol. The molecule has 1 heterocycles.